The highest BCUT2D eigenvalue weighted by molar-refractivity contribution is 5.69. The van der Waals surface area contributed by atoms with Gasteiger partial charge in [-0.15, -0.1) is 0 Å². The van der Waals surface area contributed by atoms with Crippen molar-refractivity contribution in [1.29, 1.82) is 0 Å². The van der Waals surface area contributed by atoms with Gasteiger partial charge in [-0.1, -0.05) is 6.92 Å². The maximum atomic E-state index is 10.7. The SMILES string of the molecule is CCC(=O)O[C@H]1C[C@@H](N)C1. The lowest BCUT2D eigenvalue weighted by Crippen LogP contribution is -2.42. The topological polar surface area (TPSA) is 52.3 Å². The van der Waals surface area contributed by atoms with Crippen LogP contribution in [0.25, 0.3) is 0 Å². The summed E-state index contributed by atoms with van der Waals surface area (Å²) in [7, 11) is 0. The number of rotatable bonds is 2. The molecule has 0 heterocycles. The van der Waals surface area contributed by atoms with Crippen molar-refractivity contribution in [3.8, 4) is 0 Å². The Hall–Kier alpha value is -0.570. The van der Waals surface area contributed by atoms with Crippen molar-refractivity contribution in [2.75, 3.05) is 0 Å². The van der Waals surface area contributed by atoms with Gasteiger partial charge >= 0.3 is 5.97 Å². The van der Waals surface area contributed by atoms with Crippen molar-refractivity contribution >= 4 is 5.97 Å². The Morgan fingerprint density at radius 1 is 1.70 bits per heavy atom. The van der Waals surface area contributed by atoms with Gasteiger partial charge in [-0.2, -0.15) is 0 Å². The molecule has 0 aliphatic heterocycles. The lowest BCUT2D eigenvalue weighted by Gasteiger charge is -2.31. The van der Waals surface area contributed by atoms with Gasteiger partial charge < -0.3 is 10.5 Å². The monoisotopic (exact) mass is 143 g/mol. The Labute approximate surface area is 60.5 Å². The Balaban J connectivity index is 2.10. The molecule has 1 aliphatic carbocycles. The van der Waals surface area contributed by atoms with E-state index in [0.29, 0.717) is 6.42 Å². The van der Waals surface area contributed by atoms with Gasteiger partial charge in [-0.3, -0.25) is 4.79 Å². The Kier molecular flexibility index (Phi) is 2.27. The van der Waals surface area contributed by atoms with E-state index in [-0.39, 0.29) is 18.1 Å². The molecule has 0 atom stereocenters. The van der Waals surface area contributed by atoms with Crippen LogP contribution < -0.4 is 5.73 Å². The standard InChI is InChI=1S/C7H13NO2/c1-2-7(9)10-6-3-5(8)4-6/h5-6H,2-4,8H2,1H3/t5-,6+. The molecule has 1 aliphatic rings. The van der Waals surface area contributed by atoms with E-state index < -0.39 is 0 Å². The van der Waals surface area contributed by atoms with Gasteiger partial charge in [-0.25, -0.2) is 0 Å². The third-order valence-electron chi connectivity index (χ3n) is 1.72. The fraction of sp³-hybridized carbons (Fsp3) is 0.857. The van der Waals surface area contributed by atoms with Gasteiger partial charge in [0.1, 0.15) is 6.10 Å². The predicted octanol–water partition coefficient (Wildman–Crippen LogP) is 0.429. The molecule has 3 nitrogen and oxygen atoms in total. The highest BCUT2D eigenvalue weighted by Crippen LogP contribution is 2.21. The fourth-order valence-electron chi connectivity index (χ4n) is 0.972. The first-order valence-electron chi connectivity index (χ1n) is 3.67. The molecule has 0 aromatic rings. The number of hydrogen-bond acceptors (Lipinski definition) is 3. The second-order valence-corrected chi connectivity index (χ2v) is 2.70. The summed E-state index contributed by atoms with van der Waals surface area (Å²) in [5.74, 6) is -0.114. The minimum atomic E-state index is -0.114. The maximum absolute atomic E-state index is 10.7. The van der Waals surface area contributed by atoms with Crippen LogP contribution >= 0.6 is 0 Å². The van der Waals surface area contributed by atoms with Crippen molar-refractivity contribution in [2.24, 2.45) is 5.73 Å². The highest BCUT2D eigenvalue weighted by atomic mass is 16.5. The molecule has 2 N–H and O–H groups in total. The predicted molar refractivity (Wildman–Crippen MR) is 37.4 cm³/mol. The third kappa shape index (κ3) is 1.70. The zero-order valence-corrected chi connectivity index (χ0v) is 6.17. The minimum Gasteiger partial charge on any atom is -0.462 e. The molecule has 0 aromatic heterocycles. The van der Waals surface area contributed by atoms with Crippen LogP contribution in [0.3, 0.4) is 0 Å². The molecule has 0 bridgehead atoms. The van der Waals surface area contributed by atoms with Crippen LogP contribution in [0.5, 0.6) is 0 Å². The highest BCUT2D eigenvalue weighted by Gasteiger charge is 2.28. The molecule has 10 heavy (non-hydrogen) atoms. The van der Waals surface area contributed by atoms with Gasteiger partial charge in [0.25, 0.3) is 0 Å². The zero-order chi connectivity index (χ0) is 7.56. The van der Waals surface area contributed by atoms with Gasteiger partial charge in [0.05, 0.1) is 0 Å². The lowest BCUT2D eigenvalue weighted by atomic mass is 9.90. The number of nitrogens with two attached hydrogens (primary N) is 1. The van der Waals surface area contributed by atoms with E-state index >= 15 is 0 Å². The summed E-state index contributed by atoms with van der Waals surface area (Å²) in [5.41, 5.74) is 5.49. The van der Waals surface area contributed by atoms with Crippen LogP contribution in [0.15, 0.2) is 0 Å². The van der Waals surface area contributed by atoms with E-state index in [4.69, 9.17) is 10.5 Å². The molecule has 3 heteroatoms. The summed E-state index contributed by atoms with van der Waals surface area (Å²) in [6.45, 7) is 1.79. The summed E-state index contributed by atoms with van der Waals surface area (Å²) in [5, 5.41) is 0. The molecule has 1 fully saturated rings. The smallest absolute Gasteiger partial charge is 0.305 e. The van der Waals surface area contributed by atoms with Crippen LogP contribution in [0.1, 0.15) is 26.2 Å². The van der Waals surface area contributed by atoms with Crippen molar-refractivity contribution in [2.45, 2.75) is 38.3 Å². The summed E-state index contributed by atoms with van der Waals surface area (Å²) in [4.78, 5) is 10.7. The molecule has 58 valence electrons. The largest absolute Gasteiger partial charge is 0.462 e. The molecule has 0 radical (unpaired) electrons. The first-order chi connectivity index (χ1) is 4.72. The van der Waals surface area contributed by atoms with Crippen LogP contribution in [-0.4, -0.2) is 18.1 Å². The molecule has 0 saturated heterocycles. The molecule has 1 rings (SSSR count). The molecule has 0 aromatic carbocycles. The maximum Gasteiger partial charge on any atom is 0.305 e. The van der Waals surface area contributed by atoms with Gasteiger partial charge in [0, 0.05) is 12.5 Å². The Morgan fingerprint density at radius 2 is 2.30 bits per heavy atom. The van der Waals surface area contributed by atoms with Crippen LogP contribution in [0.2, 0.25) is 0 Å². The molecular formula is C7H13NO2. The van der Waals surface area contributed by atoms with E-state index in [1.54, 1.807) is 6.92 Å². The summed E-state index contributed by atoms with van der Waals surface area (Å²) >= 11 is 0. The van der Waals surface area contributed by atoms with Gasteiger partial charge in [0.15, 0.2) is 0 Å². The van der Waals surface area contributed by atoms with E-state index in [1.807, 2.05) is 0 Å². The fourth-order valence-corrected chi connectivity index (χ4v) is 0.972. The molecule has 0 spiro atoms. The second-order valence-electron chi connectivity index (χ2n) is 2.70. The average Bonchev–Trinajstić information content (AvgIpc) is 1.84. The van der Waals surface area contributed by atoms with Crippen molar-refractivity contribution in [1.82, 2.24) is 0 Å². The van der Waals surface area contributed by atoms with Crippen LogP contribution in [-0.2, 0) is 9.53 Å². The van der Waals surface area contributed by atoms with E-state index in [9.17, 15) is 4.79 Å². The van der Waals surface area contributed by atoms with Crippen molar-refractivity contribution in [3.05, 3.63) is 0 Å². The molecule has 1 saturated carbocycles. The Morgan fingerprint density at radius 3 is 2.70 bits per heavy atom. The normalized spacial score (nSPS) is 31.0. The molecular weight excluding hydrogens is 130 g/mol. The first-order valence-corrected chi connectivity index (χ1v) is 3.67. The summed E-state index contributed by atoms with van der Waals surface area (Å²) in [6, 6.07) is 0.259. The number of carbonyl (C=O) groups excluding carboxylic acids is 1. The first kappa shape index (κ1) is 7.54. The van der Waals surface area contributed by atoms with Crippen LogP contribution in [0.4, 0.5) is 0 Å². The van der Waals surface area contributed by atoms with E-state index in [0.717, 1.165) is 12.8 Å². The second kappa shape index (κ2) is 3.01. The van der Waals surface area contributed by atoms with E-state index in [2.05, 4.69) is 0 Å². The number of esters is 1. The van der Waals surface area contributed by atoms with Crippen molar-refractivity contribution < 1.29 is 9.53 Å². The minimum absolute atomic E-state index is 0.113. The van der Waals surface area contributed by atoms with Crippen molar-refractivity contribution in [3.63, 3.8) is 0 Å². The number of carbonyl (C=O) groups is 1. The lowest BCUT2D eigenvalue weighted by molar-refractivity contribution is -0.153. The zero-order valence-electron chi connectivity index (χ0n) is 6.17. The Bertz CT molecular complexity index is 130. The molecule has 0 amide bonds. The molecule has 0 unspecified atom stereocenters. The summed E-state index contributed by atoms with van der Waals surface area (Å²) < 4.78 is 4.99. The third-order valence-corrected chi connectivity index (χ3v) is 1.72. The summed E-state index contributed by atoms with van der Waals surface area (Å²) in [6.07, 6.45) is 2.26. The quantitative estimate of drug-likeness (QED) is 0.570. The van der Waals surface area contributed by atoms with Gasteiger partial charge in [0.2, 0.25) is 0 Å². The average molecular weight is 143 g/mol. The number of hydrogen-bond donors (Lipinski definition) is 1. The van der Waals surface area contributed by atoms with E-state index in [1.165, 1.54) is 0 Å². The van der Waals surface area contributed by atoms with Gasteiger partial charge in [-0.05, 0) is 12.8 Å². The van der Waals surface area contributed by atoms with Crippen LogP contribution in [0, 0.1) is 0 Å². The number of ether oxygens (including phenoxy) is 1.